The van der Waals surface area contributed by atoms with Gasteiger partial charge in [0.1, 0.15) is 0 Å². The summed E-state index contributed by atoms with van der Waals surface area (Å²) >= 11 is 0. The molecule has 2 rings (SSSR count). The zero-order chi connectivity index (χ0) is 16.7. The van der Waals surface area contributed by atoms with E-state index in [0.717, 1.165) is 24.0 Å². The fourth-order valence-electron chi connectivity index (χ4n) is 2.42. The second-order valence-electron chi connectivity index (χ2n) is 6.21. The zero-order valence-electron chi connectivity index (χ0n) is 14.8. The number of nitrogens with one attached hydrogen (secondary N) is 2. The van der Waals surface area contributed by atoms with Gasteiger partial charge in [0.15, 0.2) is 5.96 Å². The summed E-state index contributed by atoms with van der Waals surface area (Å²) in [4.78, 5) is 18.5. The molecule has 5 nitrogen and oxygen atoms in total. The van der Waals surface area contributed by atoms with E-state index in [4.69, 9.17) is 0 Å². The standard InChI is InChI=1S/C18H28N4O.HI/c1-4-19-18(21-16-12-14(16)2)20-11-10-17(23)22(3)13-15-8-6-5-7-9-15;/h5-9,14,16H,4,10-13H2,1-3H3,(H2,19,20,21);1H. The molecule has 0 radical (unpaired) electrons. The number of nitrogens with zero attached hydrogens (tertiary/aromatic N) is 2. The van der Waals surface area contributed by atoms with Crippen LogP contribution in [0.1, 0.15) is 32.3 Å². The van der Waals surface area contributed by atoms with Crippen molar-refractivity contribution < 1.29 is 4.79 Å². The molecule has 2 N–H and O–H groups in total. The van der Waals surface area contributed by atoms with Crippen LogP contribution in [0, 0.1) is 5.92 Å². The number of carbonyl (C=O) groups excluding carboxylic acids is 1. The lowest BCUT2D eigenvalue weighted by Gasteiger charge is -2.17. The third-order valence-corrected chi connectivity index (χ3v) is 4.06. The highest BCUT2D eigenvalue weighted by molar-refractivity contribution is 14.0. The van der Waals surface area contributed by atoms with Crippen molar-refractivity contribution in [2.24, 2.45) is 10.9 Å². The van der Waals surface area contributed by atoms with E-state index < -0.39 is 0 Å². The first kappa shape index (κ1) is 20.7. The average molecular weight is 444 g/mol. The highest BCUT2D eigenvalue weighted by atomic mass is 127. The Morgan fingerprint density at radius 1 is 1.33 bits per heavy atom. The summed E-state index contributed by atoms with van der Waals surface area (Å²) in [7, 11) is 1.84. The number of guanidine groups is 1. The molecule has 1 fully saturated rings. The molecule has 0 aromatic heterocycles. The van der Waals surface area contributed by atoms with Crippen molar-refractivity contribution in [1.29, 1.82) is 0 Å². The van der Waals surface area contributed by atoms with Crippen molar-refractivity contribution in [2.75, 3.05) is 20.1 Å². The van der Waals surface area contributed by atoms with E-state index in [0.29, 0.717) is 25.6 Å². The van der Waals surface area contributed by atoms with Crippen LogP contribution < -0.4 is 10.6 Å². The monoisotopic (exact) mass is 444 g/mol. The minimum absolute atomic E-state index is 0. The van der Waals surface area contributed by atoms with E-state index in [9.17, 15) is 4.79 Å². The van der Waals surface area contributed by atoms with Crippen LogP contribution in [-0.2, 0) is 11.3 Å². The van der Waals surface area contributed by atoms with Gasteiger partial charge in [-0.05, 0) is 24.8 Å². The maximum absolute atomic E-state index is 12.2. The maximum atomic E-state index is 12.2. The highest BCUT2D eigenvalue weighted by Gasteiger charge is 2.33. The van der Waals surface area contributed by atoms with E-state index in [1.54, 1.807) is 4.90 Å². The van der Waals surface area contributed by atoms with Gasteiger partial charge >= 0.3 is 0 Å². The third kappa shape index (κ3) is 7.07. The molecular formula is C18H29IN4O. The molecule has 6 heteroatoms. The Balaban J connectivity index is 0.00000288. The molecule has 1 aliphatic carbocycles. The largest absolute Gasteiger partial charge is 0.357 e. The van der Waals surface area contributed by atoms with Crippen LogP contribution in [0.3, 0.4) is 0 Å². The molecule has 2 atom stereocenters. The fraction of sp³-hybridized carbons (Fsp3) is 0.556. The molecule has 0 saturated heterocycles. The van der Waals surface area contributed by atoms with Crippen molar-refractivity contribution in [3.05, 3.63) is 35.9 Å². The van der Waals surface area contributed by atoms with E-state index in [1.165, 1.54) is 6.42 Å². The first-order chi connectivity index (χ1) is 11.1. The zero-order valence-corrected chi connectivity index (χ0v) is 17.1. The van der Waals surface area contributed by atoms with Gasteiger partial charge in [0, 0.05) is 32.6 Å². The Hall–Kier alpha value is -1.31. The van der Waals surface area contributed by atoms with Crippen LogP contribution in [0.2, 0.25) is 0 Å². The van der Waals surface area contributed by atoms with Crippen LogP contribution >= 0.6 is 24.0 Å². The van der Waals surface area contributed by atoms with Crippen LogP contribution in [0.25, 0.3) is 0 Å². The Morgan fingerprint density at radius 2 is 2.00 bits per heavy atom. The Morgan fingerprint density at radius 3 is 2.58 bits per heavy atom. The lowest BCUT2D eigenvalue weighted by atomic mass is 10.2. The number of hydrogen-bond acceptors (Lipinski definition) is 2. The molecule has 0 spiro atoms. The number of amides is 1. The number of carbonyl (C=O) groups is 1. The fourth-order valence-corrected chi connectivity index (χ4v) is 2.42. The lowest BCUT2D eigenvalue weighted by Crippen LogP contribution is -2.39. The summed E-state index contributed by atoms with van der Waals surface area (Å²) in [5.74, 6) is 1.66. The third-order valence-electron chi connectivity index (χ3n) is 4.06. The number of hydrogen-bond donors (Lipinski definition) is 2. The van der Waals surface area contributed by atoms with E-state index in [1.807, 2.05) is 44.3 Å². The SMILES string of the molecule is CCNC(=NCCC(=O)N(C)Cc1ccccc1)NC1CC1C.I. The molecule has 0 bridgehead atoms. The van der Waals surface area contributed by atoms with Crippen LogP contribution in [0.4, 0.5) is 0 Å². The van der Waals surface area contributed by atoms with Crippen molar-refractivity contribution in [3.63, 3.8) is 0 Å². The predicted octanol–water partition coefficient (Wildman–Crippen LogP) is 2.62. The molecule has 0 aliphatic heterocycles. The van der Waals surface area contributed by atoms with E-state index in [-0.39, 0.29) is 29.9 Å². The van der Waals surface area contributed by atoms with Crippen LogP contribution in [0.5, 0.6) is 0 Å². The lowest BCUT2D eigenvalue weighted by molar-refractivity contribution is -0.130. The predicted molar refractivity (Wildman–Crippen MR) is 110 cm³/mol. The van der Waals surface area contributed by atoms with E-state index >= 15 is 0 Å². The molecule has 24 heavy (non-hydrogen) atoms. The average Bonchev–Trinajstić information content (AvgIpc) is 3.23. The summed E-state index contributed by atoms with van der Waals surface area (Å²) in [5.41, 5.74) is 1.14. The van der Waals surface area contributed by atoms with Gasteiger partial charge in [0.2, 0.25) is 5.91 Å². The number of halogens is 1. The van der Waals surface area contributed by atoms with Crippen molar-refractivity contribution in [3.8, 4) is 0 Å². The van der Waals surface area contributed by atoms with Crippen molar-refractivity contribution in [1.82, 2.24) is 15.5 Å². The molecule has 1 aromatic rings. The van der Waals surface area contributed by atoms with Crippen molar-refractivity contribution in [2.45, 2.75) is 39.3 Å². The van der Waals surface area contributed by atoms with Crippen molar-refractivity contribution >= 4 is 35.8 Å². The molecule has 1 amide bonds. The molecular weight excluding hydrogens is 415 g/mol. The summed E-state index contributed by atoms with van der Waals surface area (Å²) in [6.45, 7) is 6.25. The van der Waals surface area contributed by atoms with Gasteiger partial charge in [-0.1, -0.05) is 37.3 Å². The summed E-state index contributed by atoms with van der Waals surface area (Å²) in [6, 6.07) is 10.6. The summed E-state index contributed by atoms with van der Waals surface area (Å²) < 4.78 is 0. The number of rotatable bonds is 7. The van der Waals surface area contributed by atoms with Gasteiger partial charge < -0.3 is 15.5 Å². The topological polar surface area (TPSA) is 56.7 Å². The highest BCUT2D eigenvalue weighted by Crippen LogP contribution is 2.28. The van der Waals surface area contributed by atoms with Crippen LogP contribution in [0.15, 0.2) is 35.3 Å². The smallest absolute Gasteiger partial charge is 0.224 e. The number of aliphatic imine (C=N–C) groups is 1. The molecule has 0 heterocycles. The second kappa shape index (κ2) is 10.5. The molecule has 134 valence electrons. The Kier molecular flexibility index (Phi) is 9.10. The first-order valence-electron chi connectivity index (χ1n) is 8.43. The first-order valence-corrected chi connectivity index (χ1v) is 8.43. The van der Waals surface area contributed by atoms with Gasteiger partial charge in [-0.15, -0.1) is 24.0 Å². The molecule has 2 unspecified atom stereocenters. The van der Waals surface area contributed by atoms with E-state index in [2.05, 4.69) is 22.5 Å². The summed E-state index contributed by atoms with van der Waals surface area (Å²) in [6.07, 6.45) is 1.63. The molecule has 1 saturated carbocycles. The minimum Gasteiger partial charge on any atom is -0.357 e. The summed E-state index contributed by atoms with van der Waals surface area (Å²) in [5, 5.41) is 6.63. The Labute approximate surface area is 162 Å². The molecule has 1 aromatic carbocycles. The molecule has 1 aliphatic rings. The van der Waals surface area contributed by atoms with Gasteiger partial charge in [-0.25, -0.2) is 0 Å². The van der Waals surface area contributed by atoms with Gasteiger partial charge in [-0.2, -0.15) is 0 Å². The number of benzene rings is 1. The normalized spacial score (nSPS) is 19.2. The van der Waals surface area contributed by atoms with Gasteiger partial charge in [0.25, 0.3) is 0 Å². The van der Waals surface area contributed by atoms with Gasteiger partial charge in [0.05, 0.1) is 6.54 Å². The Bertz CT molecular complexity index is 535. The van der Waals surface area contributed by atoms with Crippen LogP contribution in [-0.4, -0.2) is 42.9 Å². The quantitative estimate of drug-likeness (QED) is 0.386. The van der Waals surface area contributed by atoms with Gasteiger partial charge in [-0.3, -0.25) is 9.79 Å². The maximum Gasteiger partial charge on any atom is 0.224 e. The second-order valence-corrected chi connectivity index (χ2v) is 6.21. The minimum atomic E-state index is 0.